The van der Waals surface area contributed by atoms with Crippen LogP contribution in [0, 0.1) is 5.92 Å². The molecule has 0 spiro atoms. The molecule has 1 fully saturated rings. The molecule has 106 valence electrons. The van der Waals surface area contributed by atoms with Gasteiger partial charge in [0.1, 0.15) is 0 Å². The van der Waals surface area contributed by atoms with Crippen LogP contribution in [0.1, 0.15) is 31.7 Å². The maximum atomic E-state index is 6.05. The topological polar surface area (TPSA) is 21.3 Å². The summed E-state index contributed by atoms with van der Waals surface area (Å²) in [6.45, 7) is 4.80. The lowest BCUT2D eigenvalue weighted by atomic mass is 9.96. The fourth-order valence-electron chi connectivity index (χ4n) is 2.29. The zero-order chi connectivity index (χ0) is 13.5. The predicted octanol–water partition coefficient (Wildman–Crippen LogP) is 3.68. The van der Waals surface area contributed by atoms with Gasteiger partial charge in [0.05, 0.1) is 0 Å². The van der Waals surface area contributed by atoms with Gasteiger partial charge >= 0.3 is 0 Å². The van der Waals surface area contributed by atoms with Crippen molar-refractivity contribution in [2.45, 2.75) is 38.6 Å². The normalized spacial score (nSPS) is 16.5. The zero-order valence-corrected chi connectivity index (χ0v) is 12.5. The molecule has 0 saturated heterocycles. The second-order valence-corrected chi connectivity index (χ2v) is 5.80. The van der Waals surface area contributed by atoms with E-state index in [1.807, 2.05) is 12.1 Å². The van der Waals surface area contributed by atoms with Crippen LogP contribution in [0.2, 0.25) is 5.02 Å². The number of ether oxygens (including phenoxy) is 1. The van der Waals surface area contributed by atoms with E-state index in [-0.39, 0.29) is 0 Å². The third-order valence-corrected chi connectivity index (χ3v) is 3.80. The molecule has 2 nitrogen and oxygen atoms in total. The summed E-state index contributed by atoms with van der Waals surface area (Å²) < 4.78 is 5.49. The minimum atomic E-state index is 0.630. The molecule has 0 aliphatic heterocycles. The van der Waals surface area contributed by atoms with Gasteiger partial charge in [-0.25, -0.2) is 0 Å². The Morgan fingerprint density at radius 3 is 2.95 bits per heavy atom. The van der Waals surface area contributed by atoms with E-state index < -0.39 is 0 Å². The highest BCUT2D eigenvalue weighted by atomic mass is 35.5. The summed E-state index contributed by atoms with van der Waals surface area (Å²) in [5.41, 5.74) is 1.33. The first-order valence-electron chi connectivity index (χ1n) is 7.33. The van der Waals surface area contributed by atoms with Crippen molar-refractivity contribution in [3.05, 3.63) is 34.9 Å². The molecule has 0 aromatic heterocycles. The van der Waals surface area contributed by atoms with Crippen LogP contribution in [0.5, 0.6) is 0 Å². The molecule has 1 unspecified atom stereocenters. The first-order chi connectivity index (χ1) is 9.28. The second kappa shape index (κ2) is 7.88. The number of hydrogen-bond acceptors (Lipinski definition) is 2. The van der Waals surface area contributed by atoms with Crippen molar-refractivity contribution >= 4 is 11.6 Å². The Bertz CT molecular complexity index is 379. The molecule has 1 atom stereocenters. The van der Waals surface area contributed by atoms with Crippen LogP contribution in [0.25, 0.3) is 0 Å². The average Bonchev–Trinajstić information content (AvgIpc) is 3.20. The number of halogens is 1. The standard InChI is InChI=1S/C16H24ClNO/c1-2-19-9-8-14(12-18-16-6-7-16)10-13-4-3-5-15(17)11-13/h3-5,11,14,16,18H,2,6-10,12H2,1H3. The molecule has 2 rings (SSSR count). The van der Waals surface area contributed by atoms with E-state index in [1.165, 1.54) is 18.4 Å². The molecule has 0 bridgehead atoms. The van der Waals surface area contributed by atoms with Gasteiger partial charge in [-0.2, -0.15) is 0 Å². The van der Waals surface area contributed by atoms with E-state index in [0.29, 0.717) is 5.92 Å². The Morgan fingerprint density at radius 2 is 2.26 bits per heavy atom. The molecule has 1 N–H and O–H groups in total. The van der Waals surface area contributed by atoms with E-state index in [1.54, 1.807) is 0 Å². The number of hydrogen-bond donors (Lipinski definition) is 1. The van der Waals surface area contributed by atoms with Crippen molar-refractivity contribution in [3.8, 4) is 0 Å². The van der Waals surface area contributed by atoms with Crippen LogP contribution < -0.4 is 5.32 Å². The van der Waals surface area contributed by atoms with Crippen molar-refractivity contribution in [1.82, 2.24) is 5.32 Å². The van der Waals surface area contributed by atoms with Crippen molar-refractivity contribution in [2.24, 2.45) is 5.92 Å². The molecule has 19 heavy (non-hydrogen) atoms. The zero-order valence-electron chi connectivity index (χ0n) is 11.7. The van der Waals surface area contributed by atoms with Crippen LogP contribution >= 0.6 is 11.6 Å². The molecule has 3 heteroatoms. The summed E-state index contributed by atoms with van der Waals surface area (Å²) in [4.78, 5) is 0. The smallest absolute Gasteiger partial charge is 0.0469 e. The highest BCUT2D eigenvalue weighted by Gasteiger charge is 2.22. The number of nitrogens with one attached hydrogen (secondary N) is 1. The minimum absolute atomic E-state index is 0.630. The maximum absolute atomic E-state index is 6.05. The summed E-state index contributed by atoms with van der Waals surface area (Å²) in [6, 6.07) is 8.98. The Morgan fingerprint density at radius 1 is 1.42 bits per heavy atom. The van der Waals surface area contributed by atoms with Gasteiger partial charge < -0.3 is 10.1 Å². The van der Waals surface area contributed by atoms with Crippen LogP contribution in [0.4, 0.5) is 0 Å². The van der Waals surface area contributed by atoms with Gasteiger partial charge in [-0.3, -0.25) is 0 Å². The molecule has 0 heterocycles. The van der Waals surface area contributed by atoms with E-state index >= 15 is 0 Å². The lowest BCUT2D eigenvalue weighted by molar-refractivity contribution is 0.131. The number of rotatable bonds is 9. The highest BCUT2D eigenvalue weighted by Crippen LogP contribution is 2.21. The van der Waals surface area contributed by atoms with E-state index in [2.05, 4.69) is 24.4 Å². The fourth-order valence-corrected chi connectivity index (χ4v) is 2.50. The Labute approximate surface area is 121 Å². The largest absolute Gasteiger partial charge is 0.382 e. The molecule has 0 amide bonds. The van der Waals surface area contributed by atoms with Gasteiger partial charge in [0, 0.05) is 24.3 Å². The average molecular weight is 282 g/mol. The van der Waals surface area contributed by atoms with Gasteiger partial charge in [-0.1, -0.05) is 23.7 Å². The van der Waals surface area contributed by atoms with Crippen LogP contribution in [-0.4, -0.2) is 25.8 Å². The summed E-state index contributed by atoms with van der Waals surface area (Å²) in [5, 5.41) is 4.46. The van der Waals surface area contributed by atoms with E-state index in [4.69, 9.17) is 16.3 Å². The molecular formula is C16H24ClNO. The van der Waals surface area contributed by atoms with Crippen molar-refractivity contribution < 1.29 is 4.74 Å². The van der Waals surface area contributed by atoms with Crippen LogP contribution in [0.3, 0.4) is 0 Å². The predicted molar refractivity (Wildman–Crippen MR) is 80.8 cm³/mol. The van der Waals surface area contributed by atoms with Crippen molar-refractivity contribution in [1.29, 1.82) is 0 Å². The van der Waals surface area contributed by atoms with Gasteiger partial charge in [-0.15, -0.1) is 0 Å². The number of benzene rings is 1. The Kier molecular flexibility index (Phi) is 6.15. The SMILES string of the molecule is CCOCCC(CNC1CC1)Cc1cccc(Cl)c1. The molecule has 1 saturated carbocycles. The summed E-state index contributed by atoms with van der Waals surface area (Å²) >= 11 is 6.05. The minimum Gasteiger partial charge on any atom is -0.382 e. The molecule has 1 aromatic carbocycles. The maximum Gasteiger partial charge on any atom is 0.0469 e. The Hall–Kier alpha value is -0.570. The van der Waals surface area contributed by atoms with Gasteiger partial charge in [-0.05, 0) is 62.8 Å². The lowest BCUT2D eigenvalue weighted by Crippen LogP contribution is -2.27. The van der Waals surface area contributed by atoms with E-state index in [9.17, 15) is 0 Å². The quantitative estimate of drug-likeness (QED) is 0.697. The molecule has 1 aromatic rings. The van der Waals surface area contributed by atoms with Crippen molar-refractivity contribution in [2.75, 3.05) is 19.8 Å². The Balaban J connectivity index is 1.83. The first kappa shape index (κ1) is 14.8. The highest BCUT2D eigenvalue weighted by molar-refractivity contribution is 6.30. The molecule has 1 aliphatic carbocycles. The van der Waals surface area contributed by atoms with Gasteiger partial charge in [0.15, 0.2) is 0 Å². The second-order valence-electron chi connectivity index (χ2n) is 5.37. The third-order valence-electron chi connectivity index (χ3n) is 3.56. The molecular weight excluding hydrogens is 258 g/mol. The first-order valence-corrected chi connectivity index (χ1v) is 7.71. The molecule has 1 aliphatic rings. The molecule has 0 radical (unpaired) electrons. The fraction of sp³-hybridized carbons (Fsp3) is 0.625. The monoisotopic (exact) mass is 281 g/mol. The van der Waals surface area contributed by atoms with E-state index in [0.717, 1.165) is 43.7 Å². The van der Waals surface area contributed by atoms with Gasteiger partial charge in [0.2, 0.25) is 0 Å². The third kappa shape index (κ3) is 5.94. The van der Waals surface area contributed by atoms with Crippen LogP contribution in [-0.2, 0) is 11.2 Å². The van der Waals surface area contributed by atoms with Crippen LogP contribution in [0.15, 0.2) is 24.3 Å². The van der Waals surface area contributed by atoms with Crippen molar-refractivity contribution in [3.63, 3.8) is 0 Å². The van der Waals surface area contributed by atoms with Gasteiger partial charge in [0.25, 0.3) is 0 Å². The summed E-state index contributed by atoms with van der Waals surface area (Å²) in [6.07, 6.45) is 4.87. The summed E-state index contributed by atoms with van der Waals surface area (Å²) in [7, 11) is 0. The summed E-state index contributed by atoms with van der Waals surface area (Å²) in [5.74, 6) is 0.630. The lowest BCUT2D eigenvalue weighted by Gasteiger charge is -2.18.